The molecule has 112 valence electrons. The zero-order valence-electron chi connectivity index (χ0n) is 12.4. The molecule has 0 saturated carbocycles. The van der Waals surface area contributed by atoms with E-state index in [0.717, 1.165) is 42.9 Å². The van der Waals surface area contributed by atoms with Crippen molar-refractivity contribution in [3.8, 4) is 0 Å². The molecule has 3 rings (SSSR count). The summed E-state index contributed by atoms with van der Waals surface area (Å²) in [6.07, 6.45) is 0. The van der Waals surface area contributed by atoms with E-state index in [9.17, 15) is 0 Å². The van der Waals surface area contributed by atoms with Crippen LogP contribution >= 0.6 is 0 Å². The van der Waals surface area contributed by atoms with Crippen LogP contribution in [0.25, 0.3) is 10.9 Å². The number of fused-ring (bicyclic) bond motifs is 1. The third-order valence-electron chi connectivity index (χ3n) is 3.84. The Labute approximate surface area is 125 Å². The van der Waals surface area contributed by atoms with Gasteiger partial charge in [-0.2, -0.15) is 0 Å². The molecular weight excluding hydrogens is 264 g/mol. The Kier molecular flexibility index (Phi) is 4.45. The number of aromatic nitrogens is 1. The average Bonchev–Trinajstić information content (AvgIpc) is 2.53. The molecule has 0 amide bonds. The Bertz CT molecular complexity index is 610. The average molecular weight is 286 g/mol. The third-order valence-corrected chi connectivity index (χ3v) is 3.84. The molecule has 2 aromatic rings. The van der Waals surface area contributed by atoms with E-state index in [4.69, 9.17) is 10.5 Å². The molecule has 1 saturated heterocycles. The highest BCUT2D eigenvalue weighted by molar-refractivity contribution is 5.79. The minimum Gasteiger partial charge on any atom is -0.379 e. The van der Waals surface area contributed by atoms with Crippen LogP contribution in [0.3, 0.4) is 0 Å². The number of hydrazine groups is 1. The summed E-state index contributed by atoms with van der Waals surface area (Å²) in [5.74, 6) is 0. The third kappa shape index (κ3) is 3.39. The van der Waals surface area contributed by atoms with Crippen LogP contribution in [0.2, 0.25) is 0 Å². The molecule has 3 N–H and O–H groups in total. The molecule has 0 radical (unpaired) electrons. The van der Waals surface area contributed by atoms with Crippen molar-refractivity contribution < 1.29 is 4.74 Å². The van der Waals surface area contributed by atoms with Gasteiger partial charge >= 0.3 is 0 Å². The number of ether oxygens (including phenoxy) is 1. The van der Waals surface area contributed by atoms with E-state index < -0.39 is 0 Å². The van der Waals surface area contributed by atoms with Crippen molar-refractivity contribution in [3.05, 3.63) is 41.6 Å². The Morgan fingerprint density at radius 3 is 2.86 bits per heavy atom. The molecule has 1 unspecified atom stereocenters. The van der Waals surface area contributed by atoms with Gasteiger partial charge in [-0.15, -0.1) is 0 Å². The van der Waals surface area contributed by atoms with Crippen molar-refractivity contribution in [3.63, 3.8) is 0 Å². The Hall–Kier alpha value is -1.53. The first-order valence-corrected chi connectivity index (χ1v) is 7.42. The van der Waals surface area contributed by atoms with Crippen molar-refractivity contribution in [2.24, 2.45) is 5.73 Å². The minimum absolute atomic E-state index is 0.119. The van der Waals surface area contributed by atoms with Gasteiger partial charge in [-0.3, -0.25) is 4.98 Å². The van der Waals surface area contributed by atoms with Gasteiger partial charge in [0.25, 0.3) is 0 Å². The van der Waals surface area contributed by atoms with E-state index in [0.29, 0.717) is 6.54 Å². The quantitative estimate of drug-likeness (QED) is 0.889. The summed E-state index contributed by atoms with van der Waals surface area (Å²) in [4.78, 5) is 4.54. The van der Waals surface area contributed by atoms with Crippen LogP contribution in [0, 0.1) is 6.92 Å². The van der Waals surface area contributed by atoms with Crippen molar-refractivity contribution in [1.29, 1.82) is 0 Å². The summed E-state index contributed by atoms with van der Waals surface area (Å²) in [5, 5.41) is 3.35. The summed E-state index contributed by atoms with van der Waals surface area (Å²) in [6, 6.07) is 10.6. The first-order chi connectivity index (χ1) is 10.3. The van der Waals surface area contributed by atoms with Gasteiger partial charge in [0.1, 0.15) is 0 Å². The second kappa shape index (κ2) is 6.49. The van der Waals surface area contributed by atoms with Crippen LogP contribution in [0.5, 0.6) is 0 Å². The number of nitrogens with zero attached hydrogens (tertiary/aromatic N) is 2. The molecule has 0 aliphatic carbocycles. The Morgan fingerprint density at radius 2 is 2.10 bits per heavy atom. The summed E-state index contributed by atoms with van der Waals surface area (Å²) < 4.78 is 5.37. The lowest BCUT2D eigenvalue weighted by atomic mass is 10.0. The van der Waals surface area contributed by atoms with Crippen LogP contribution in [0.1, 0.15) is 17.3 Å². The lowest BCUT2D eigenvalue weighted by Crippen LogP contribution is -2.48. The predicted molar refractivity (Wildman–Crippen MR) is 83.8 cm³/mol. The highest BCUT2D eigenvalue weighted by atomic mass is 16.5. The molecular formula is C16H22N4O. The lowest BCUT2D eigenvalue weighted by molar-refractivity contribution is 0.00406. The van der Waals surface area contributed by atoms with Crippen molar-refractivity contribution >= 4 is 10.9 Å². The number of hydrogen-bond acceptors (Lipinski definition) is 5. The number of morpholine rings is 1. The zero-order chi connectivity index (χ0) is 14.7. The molecule has 1 aromatic carbocycles. The van der Waals surface area contributed by atoms with Gasteiger partial charge < -0.3 is 10.5 Å². The minimum atomic E-state index is 0.119. The van der Waals surface area contributed by atoms with Crippen molar-refractivity contribution in [2.75, 3.05) is 32.8 Å². The largest absolute Gasteiger partial charge is 0.379 e. The zero-order valence-corrected chi connectivity index (χ0v) is 12.4. The summed E-state index contributed by atoms with van der Waals surface area (Å²) in [5.41, 5.74) is 12.7. The van der Waals surface area contributed by atoms with Crippen molar-refractivity contribution in [2.45, 2.75) is 13.0 Å². The number of nitrogens with two attached hydrogens (primary N) is 1. The smallest absolute Gasteiger partial charge is 0.0705 e. The van der Waals surface area contributed by atoms with E-state index in [-0.39, 0.29) is 6.04 Å². The highest BCUT2D eigenvalue weighted by Crippen LogP contribution is 2.20. The summed E-state index contributed by atoms with van der Waals surface area (Å²) >= 11 is 0. The molecule has 2 heterocycles. The standard InChI is InChI=1S/C16H22N4O/c1-12-2-3-13-10-14(4-5-15(13)18-12)16(11-17)19-20-6-8-21-9-7-20/h2-5,10,16,19H,6-9,11,17H2,1H3. The normalized spacial score (nSPS) is 18.0. The van der Waals surface area contributed by atoms with Crippen LogP contribution in [0.4, 0.5) is 0 Å². The molecule has 1 atom stereocenters. The maximum atomic E-state index is 5.95. The monoisotopic (exact) mass is 286 g/mol. The summed E-state index contributed by atoms with van der Waals surface area (Å²) in [6.45, 7) is 5.89. The van der Waals surface area contributed by atoms with Gasteiger partial charge in [0, 0.05) is 30.7 Å². The summed E-state index contributed by atoms with van der Waals surface area (Å²) in [7, 11) is 0. The fraction of sp³-hybridized carbons (Fsp3) is 0.438. The van der Waals surface area contributed by atoms with E-state index in [1.807, 2.05) is 13.0 Å². The number of hydrogen-bond donors (Lipinski definition) is 2. The topological polar surface area (TPSA) is 63.4 Å². The molecule has 0 spiro atoms. The predicted octanol–water partition coefficient (Wildman–Crippen LogP) is 1.38. The van der Waals surface area contributed by atoms with Gasteiger partial charge in [-0.05, 0) is 30.7 Å². The Balaban J connectivity index is 1.80. The van der Waals surface area contributed by atoms with E-state index >= 15 is 0 Å². The lowest BCUT2D eigenvalue weighted by Gasteiger charge is -2.31. The first-order valence-electron chi connectivity index (χ1n) is 7.42. The molecule has 1 aliphatic rings. The van der Waals surface area contributed by atoms with Crippen LogP contribution in [-0.2, 0) is 4.74 Å². The molecule has 1 fully saturated rings. The molecule has 21 heavy (non-hydrogen) atoms. The fourth-order valence-corrected chi connectivity index (χ4v) is 2.64. The van der Waals surface area contributed by atoms with E-state index in [1.54, 1.807) is 0 Å². The van der Waals surface area contributed by atoms with Crippen LogP contribution < -0.4 is 11.2 Å². The highest BCUT2D eigenvalue weighted by Gasteiger charge is 2.16. The number of aryl methyl sites for hydroxylation is 1. The maximum Gasteiger partial charge on any atom is 0.0705 e. The van der Waals surface area contributed by atoms with Gasteiger partial charge in [0.15, 0.2) is 0 Å². The fourth-order valence-electron chi connectivity index (χ4n) is 2.64. The van der Waals surface area contributed by atoms with E-state index in [2.05, 4.69) is 39.7 Å². The van der Waals surface area contributed by atoms with Crippen molar-refractivity contribution in [1.82, 2.24) is 15.4 Å². The second-order valence-electron chi connectivity index (χ2n) is 5.42. The van der Waals surface area contributed by atoms with Gasteiger partial charge in [0.2, 0.25) is 0 Å². The maximum absolute atomic E-state index is 5.95. The van der Waals surface area contributed by atoms with Crippen LogP contribution in [0.15, 0.2) is 30.3 Å². The van der Waals surface area contributed by atoms with E-state index in [1.165, 1.54) is 5.56 Å². The molecule has 1 aliphatic heterocycles. The molecule has 5 nitrogen and oxygen atoms in total. The van der Waals surface area contributed by atoms with Gasteiger partial charge in [-0.25, -0.2) is 10.4 Å². The molecule has 5 heteroatoms. The molecule has 1 aromatic heterocycles. The SMILES string of the molecule is Cc1ccc2cc(C(CN)NN3CCOCC3)ccc2n1. The molecule has 0 bridgehead atoms. The Morgan fingerprint density at radius 1 is 1.29 bits per heavy atom. The number of pyridine rings is 1. The van der Waals surface area contributed by atoms with Crippen LogP contribution in [-0.4, -0.2) is 42.8 Å². The second-order valence-corrected chi connectivity index (χ2v) is 5.42. The number of nitrogens with one attached hydrogen (secondary N) is 1. The first kappa shape index (κ1) is 14.4. The number of benzene rings is 1. The van der Waals surface area contributed by atoms with Gasteiger partial charge in [-0.1, -0.05) is 12.1 Å². The van der Waals surface area contributed by atoms with Gasteiger partial charge in [0.05, 0.1) is 24.8 Å². The number of rotatable bonds is 4.